The predicted molar refractivity (Wildman–Crippen MR) is 84.8 cm³/mol. The van der Waals surface area contributed by atoms with Crippen molar-refractivity contribution in [3.8, 4) is 5.88 Å². The van der Waals surface area contributed by atoms with E-state index in [9.17, 15) is 14.9 Å². The Bertz CT molecular complexity index is 736. The van der Waals surface area contributed by atoms with E-state index in [1.807, 2.05) is 24.6 Å². The molecule has 2 rings (SSSR count). The Balaban J connectivity index is 1.79. The van der Waals surface area contributed by atoms with Gasteiger partial charge < -0.3 is 10.1 Å². The molecule has 0 radical (unpaired) electrons. The molecule has 0 atom stereocenters. The number of aryl methyl sites for hydroxylation is 3. The molecule has 1 N–H and O–H groups in total. The molecule has 0 aromatic carbocycles. The van der Waals surface area contributed by atoms with Crippen molar-refractivity contribution in [1.82, 2.24) is 24.9 Å². The van der Waals surface area contributed by atoms with Gasteiger partial charge in [-0.1, -0.05) is 0 Å². The van der Waals surface area contributed by atoms with E-state index in [1.165, 1.54) is 18.0 Å². The molecule has 0 aliphatic rings. The summed E-state index contributed by atoms with van der Waals surface area (Å²) in [6, 6.07) is 2.00. The molecule has 0 fully saturated rings. The lowest BCUT2D eigenvalue weighted by Crippen LogP contribution is -2.29. The van der Waals surface area contributed by atoms with Crippen LogP contribution in [0, 0.1) is 24.0 Å². The first-order valence-corrected chi connectivity index (χ1v) is 7.44. The Hall–Kier alpha value is -2.91. The standard InChI is InChI=1S/C14H20N6O4/c1-10-7-11(2)19(16-10)6-4-5-15-13(21)9-18-8-12(20(22)23)14(17-18)24-3/h7-8H,4-6,9H2,1-3H3,(H,15,21). The number of aromatic nitrogens is 4. The summed E-state index contributed by atoms with van der Waals surface area (Å²) in [4.78, 5) is 22.1. The van der Waals surface area contributed by atoms with Crippen LogP contribution in [-0.4, -0.2) is 44.0 Å². The van der Waals surface area contributed by atoms with E-state index < -0.39 is 4.92 Å². The lowest BCUT2D eigenvalue weighted by atomic mass is 10.4. The molecular weight excluding hydrogens is 316 g/mol. The van der Waals surface area contributed by atoms with Gasteiger partial charge in [0.05, 0.1) is 17.7 Å². The summed E-state index contributed by atoms with van der Waals surface area (Å²) in [5.74, 6) is -0.388. The van der Waals surface area contributed by atoms with E-state index in [0.29, 0.717) is 13.1 Å². The zero-order valence-corrected chi connectivity index (χ0v) is 13.9. The number of nitrogens with zero attached hydrogens (tertiary/aromatic N) is 5. The maximum Gasteiger partial charge on any atom is 0.350 e. The van der Waals surface area contributed by atoms with E-state index in [1.54, 1.807) is 0 Å². The molecule has 2 heterocycles. The van der Waals surface area contributed by atoms with Crippen molar-refractivity contribution in [1.29, 1.82) is 0 Å². The Kier molecular flexibility index (Phi) is 5.51. The zero-order chi connectivity index (χ0) is 17.7. The number of methoxy groups -OCH3 is 1. The molecule has 10 nitrogen and oxygen atoms in total. The molecule has 2 aromatic heterocycles. The lowest BCUT2D eigenvalue weighted by molar-refractivity contribution is -0.385. The van der Waals surface area contributed by atoms with Gasteiger partial charge in [-0.25, -0.2) is 0 Å². The van der Waals surface area contributed by atoms with Gasteiger partial charge in [0, 0.05) is 18.8 Å². The summed E-state index contributed by atoms with van der Waals surface area (Å²) >= 11 is 0. The Labute approximate surface area is 138 Å². The van der Waals surface area contributed by atoms with Gasteiger partial charge in [-0.3, -0.25) is 24.3 Å². The van der Waals surface area contributed by atoms with Gasteiger partial charge in [-0.15, -0.1) is 5.10 Å². The molecule has 130 valence electrons. The van der Waals surface area contributed by atoms with E-state index in [4.69, 9.17) is 4.74 Å². The first kappa shape index (κ1) is 17.4. The number of carbonyl (C=O) groups excluding carboxylic acids is 1. The molecule has 0 bridgehead atoms. The summed E-state index contributed by atoms with van der Waals surface area (Å²) in [5, 5.41) is 21.8. The van der Waals surface area contributed by atoms with Gasteiger partial charge in [0.1, 0.15) is 12.7 Å². The maximum atomic E-state index is 11.9. The highest BCUT2D eigenvalue weighted by Crippen LogP contribution is 2.23. The first-order chi connectivity index (χ1) is 11.4. The Morgan fingerprint density at radius 1 is 1.42 bits per heavy atom. The number of ether oxygens (including phenoxy) is 1. The van der Waals surface area contributed by atoms with Gasteiger partial charge in [0.25, 0.3) is 0 Å². The van der Waals surface area contributed by atoms with Crippen LogP contribution in [0.3, 0.4) is 0 Å². The summed E-state index contributed by atoms with van der Waals surface area (Å²) in [5.41, 5.74) is 1.77. The highest BCUT2D eigenvalue weighted by molar-refractivity contribution is 5.75. The largest absolute Gasteiger partial charge is 0.475 e. The summed E-state index contributed by atoms with van der Waals surface area (Å²) in [6.45, 7) is 5.00. The van der Waals surface area contributed by atoms with Crippen LogP contribution in [0.5, 0.6) is 5.88 Å². The molecule has 1 amide bonds. The third-order valence-electron chi connectivity index (χ3n) is 3.38. The van der Waals surface area contributed by atoms with Crippen LogP contribution in [0.2, 0.25) is 0 Å². The van der Waals surface area contributed by atoms with Crippen LogP contribution in [0.25, 0.3) is 0 Å². The van der Waals surface area contributed by atoms with Crippen LogP contribution >= 0.6 is 0 Å². The fraction of sp³-hybridized carbons (Fsp3) is 0.500. The molecule has 0 saturated carbocycles. The average molecular weight is 336 g/mol. The molecule has 0 unspecified atom stereocenters. The topological polar surface area (TPSA) is 117 Å². The van der Waals surface area contributed by atoms with E-state index in [-0.39, 0.29) is 24.0 Å². The number of nitro groups is 1. The summed E-state index contributed by atoms with van der Waals surface area (Å²) in [7, 11) is 1.29. The Morgan fingerprint density at radius 2 is 2.17 bits per heavy atom. The van der Waals surface area contributed by atoms with E-state index >= 15 is 0 Å². The summed E-state index contributed by atoms with van der Waals surface area (Å²) < 4.78 is 7.89. The average Bonchev–Trinajstić information content (AvgIpc) is 3.06. The number of carbonyl (C=O) groups is 1. The second-order valence-electron chi connectivity index (χ2n) is 5.33. The third-order valence-corrected chi connectivity index (χ3v) is 3.38. The molecule has 0 spiro atoms. The van der Waals surface area contributed by atoms with Crippen molar-refractivity contribution in [2.45, 2.75) is 33.4 Å². The highest BCUT2D eigenvalue weighted by Gasteiger charge is 2.20. The lowest BCUT2D eigenvalue weighted by Gasteiger charge is -2.06. The SMILES string of the molecule is COc1nn(CC(=O)NCCCn2nc(C)cc2C)cc1[N+](=O)[O-]. The van der Waals surface area contributed by atoms with Crippen LogP contribution in [0.4, 0.5) is 5.69 Å². The monoisotopic (exact) mass is 336 g/mol. The van der Waals surface area contributed by atoms with Gasteiger partial charge in [0.15, 0.2) is 0 Å². The molecular formula is C14H20N6O4. The van der Waals surface area contributed by atoms with Crippen molar-refractivity contribution < 1.29 is 14.5 Å². The minimum absolute atomic E-state index is 0.107. The van der Waals surface area contributed by atoms with Crippen LogP contribution < -0.4 is 10.1 Å². The van der Waals surface area contributed by atoms with Crippen molar-refractivity contribution in [3.63, 3.8) is 0 Å². The van der Waals surface area contributed by atoms with Crippen molar-refractivity contribution in [2.75, 3.05) is 13.7 Å². The maximum absolute atomic E-state index is 11.9. The second kappa shape index (κ2) is 7.57. The molecule has 0 aliphatic heterocycles. The smallest absolute Gasteiger partial charge is 0.350 e. The molecule has 10 heteroatoms. The Morgan fingerprint density at radius 3 is 2.71 bits per heavy atom. The quantitative estimate of drug-likeness (QED) is 0.433. The first-order valence-electron chi connectivity index (χ1n) is 7.44. The van der Waals surface area contributed by atoms with Crippen molar-refractivity contribution >= 4 is 11.6 Å². The number of amides is 1. The van der Waals surface area contributed by atoms with Gasteiger partial charge in [0.2, 0.25) is 5.91 Å². The number of hydrogen-bond acceptors (Lipinski definition) is 6. The van der Waals surface area contributed by atoms with Crippen LogP contribution in [0.1, 0.15) is 17.8 Å². The predicted octanol–water partition coefficient (Wildman–Crippen LogP) is 0.820. The van der Waals surface area contributed by atoms with Crippen LogP contribution in [0.15, 0.2) is 12.3 Å². The van der Waals surface area contributed by atoms with Gasteiger partial charge in [-0.2, -0.15) is 5.10 Å². The number of rotatable bonds is 8. The van der Waals surface area contributed by atoms with E-state index in [2.05, 4.69) is 15.5 Å². The molecule has 24 heavy (non-hydrogen) atoms. The number of hydrogen-bond donors (Lipinski definition) is 1. The van der Waals surface area contributed by atoms with Crippen molar-refractivity contribution in [2.24, 2.45) is 0 Å². The van der Waals surface area contributed by atoms with Gasteiger partial charge in [-0.05, 0) is 26.3 Å². The second-order valence-corrected chi connectivity index (χ2v) is 5.33. The normalized spacial score (nSPS) is 10.6. The third kappa shape index (κ3) is 4.31. The molecule has 0 saturated heterocycles. The molecule has 0 aliphatic carbocycles. The fourth-order valence-electron chi connectivity index (χ4n) is 2.31. The fourth-order valence-corrected chi connectivity index (χ4v) is 2.31. The summed E-state index contributed by atoms with van der Waals surface area (Å²) in [6.07, 6.45) is 1.91. The van der Waals surface area contributed by atoms with Crippen molar-refractivity contribution in [3.05, 3.63) is 33.8 Å². The number of nitrogens with one attached hydrogen (secondary N) is 1. The van der Waals surface area contributed by atoms with Crippen LogP contribution in [-0.2, 0) is 17.9 Å². The zero-order valence-electron chi connectivity index (χ0n) is 13.9. The highest BCUT2D eigenvalue weighted by atomic mass is 16.6. The minimum Gasteiger partial charge on any atom is -0.475 e. The molecule has 2 aromatic rings. The van der Waals surface area contributed by atoms with E-state index in [0.717, 1.165) is 17.8 Å². The minimum atomic E-state index is -0.603. The van der Waals surface area contributed by atoms with Gasteiger partial charge >= 0.3 is 11.6 Å².